The predicted octanol–water partition coefficient (Wildman–Crippen LogP) is 5.40. The van der Waals surface area contributed by atoms with Crippen molar-refractivity contribution in [3.05, 3.63) is 94.4 Å². The molecule has 0 amide bonds. The first-order valence-corrected chi connectivity index (χ1v) is 12.4. The number of esters is 1. The Hall–Kier alpha value is -3.95. The number of nitrogen functional groups attached to an aromatic ring is 1. The van der Waals surface area contributed by atoms with Gasteiger partial charge in [0.05, 0.1) is 42.4 Å². The van der Waals surface area contributed by atoms with Crippen molar-refractivity contribution in [2.45, 2.75) is 26.1 Å². The average molecular weight is 539 g/mol. The summed E-state index contributed by atoms with van der Waals surface area (Å²) in [5, 5.41) is 6.88. The van der Waals surface area contributed by atoms with Crippen LogP contribution in [0.2, 0.25) is 5.02 Å². The van der Waals surface area contributed by atoms with Gasteiger partial charge in [0, 0.05) is 23.3 Å². The molecule has 3 aromatic rings. The topological polar surface area (TPSA) is 99.3 Å². The van der Waals surface area contributed by atoms with E-state index in [0.717, 1.165) is 6.42 Å². The number of carbonyl (C=O) groups is 1. The number of hydrogen-bond donors (Lipinski definition) is 1. The highest BCUT2D eigenvalue weighted by Gasteiger charge is 2.24. The van der Waals surface area contributed by atoms with Crippen molar-refractivity contribution in [3.8, 4) is 5.88 Å². The molecule has 2 N–H and O–H groups in total. The van der Waals surface area contributed by atoms with Gasteiger partial charge in [0.25, 0.3) is 0 Å². The minimum Gasteiger partial charge on any atom is -0.473 e. The summed E-state index contributed by atoms with van der Waals surface area (Å²) in [6.45, 7) is 2.95. The highest BCUT2D eigenvalue weighted by atomic mass is 35.5. The lowest BCUT2D eigenvalue weighted by Gasteiger charge is -2.32. The molecule has 8 nitrogen and oxygen atoms in total. The van der Waals surface area contributed by atoms with Gasteiger partial charge in [0.2, 0.25) is 5.88 Å². The molecule has 4 rings (SSSR count). The van der Waals surface area contributed by atoms with E-state index in [1.807, 2.05) is 13.0 Å². The van der Waals surface area contributed by atoms with Crippen LogP contribution in [-0.4, -0.2) is 43.0 Å². The van der Waals surface area contributed by atoms with Crippen molar-refractivity contribution in [2.24, 2.45) is 5.10 Å². The minimum absolute atomic E-state index is 0.0163. The van der Waals surface area contributed by atoms with Crippen molar-refractivity contribution in [3.63, 3.8) is 0 Å². The Morgan fingerprint density at radius 3 is 2.79 bits per heavy atom. The number of benzene rings is 2. The third-order valence-electron chi connectivity index (χ3n) is 5.83. The Morgan fingerprint density at radius 1 is 1.29 bits per heavy atom. The monoisotopic (exact) mass is 538 g/mol. The number of rotatable bonds is 10. The number of methoxy groups -OCH3 is 1. The Balaban J connectivity index is 1.66. The van der Waals surface area contributed by atoms with Crippen molar-refractivity contribution in [1.82, 2.24) is 4.98 Å². The third-order valence-corrected chi connectivity index (χ3v) is 6.06. The standard InChI is InChI=1S/C28H28ClFN4O4/c1-3-5-25(24-6-4-7-27(32-24)38-17-19-8-10-20(29)15-22(19)30)33-34(16-21-12-13-37-21)26-14-18(28(35)36-2)9-11-23(26)31/h3-11,14-15,21H,12-13,16-17,31H2,1-2H3/b5-3-,33-25+/t21-/m0/s1. The molecule has 10 heteroatoms. The molecule has 0 bridgehead atoms. The number of anilines is 2. The molecule has 0 aliphatic carbocycles. The first kappa shape index (κ1) is 27.1. The molecule has 1 aliphatic heterocycles. The molecule has 1 fully saturated rings. The molecular formula is C28H28ClFN4O4. The maximum absolute atomic E-state index is 14.2. The molecule has 0 unspecified atom stereocenters. The van der Waals surface area contributed by atoms with Gasteiger partial charge in [-0.1, -0.05) is 29.8 Å². The lowest BCUT2D eigenvalue weighted by molar-refractivity contribution is -0.0444. The van der Waals surface area contributed by atoms with E-state index in [9.17, 15) is 9.18 Å². The molecule has 2 heterocycles. The SMILES string of the molecule is C/C=C\C(=N/N(C[C@@H]1CCO1)c1cc(C(=O)OC)ccc1N)c1cccc(OCc2ccc(Cl)cc2F)n1. The maximum atomic E-state index is 14.2. The average Bonchev–Trinajstić information content (AvgIpc) is 2.89. The van der Waals surface area contributed by atoms with Crippen molar-refractivity contribution < 1.29 is 23.4 Å². The quantitative estimate of drug-likeness (QED) is 0.160. The summed E-state index contributed by atoms with van der Waals surface area (Å²) < 4.78 is 30.4. The number of allylic oxidation sites excluding steroid dienone is 2. The summed E-state index contributed by atoms with van der Waals surface area (Å²) in [7, 11) is 1.32. The van der Waals surface area contributed by atoms with E-state index < -0.39 is 11.8 Å². The van der Waals surface area contributed by atoms with Crippen LogP contribution in [0, 0.1) is 5.82 Å². The van der Waals surface area contributed by atoms with Crippen LogP contribution in [0.25, 0.3) is 0 Å². The van der Waals surface area contributed by atoms with Crippen molar-refractivity contribution >= 4 is 34.7 Å². The van der Waals surface area contributed by atoms with Crippen LogP contribution < -0.4 is 15.5 Å². The number of carbonyl (C=O) groups excluding carboxylic acids is 1. The summed E-state index contributed by atoms with van der Waals surface area (Å²) in [4.78, 5) is 16.7. The van der Waals surface area contributed by atoms with E-state index in [-0.39, 0.29) is 12.7 Å². The smallest absolute Gasteiger partial charge is 0.337 e. The highest BCUT2D eigenvalue weighted by molar-refractivity contribution is 6.30. The number of nitrogens with two attached hydrogens (primary N) is 1. The zero-order valence-electron chi connectivity index (χ0n) is 21.1. The van der Waals surface area contributed by atoms with E-state index in [0.29, 0.717) is 58.0 Å². The zero-order chi connectivity index (χ0) is 27.1. The molecule has 198 valence electrons. The summed E-state index contributed by atoms with van der Waals surface area (Å²) >= 11 is 5.84. The fourth-order valence-electron chi connectivity index (χ4n) is 3.71. The second-order valence-electron chi connectivity index (χ2n) is 8.50. The summed E-state index contributed by atoms with van der Waals surface area (Å²) in [6, 6.07) is 14.6. The van der Waals surface area contributed by atoms with Gasteiger partial charge in [0.15, 0.2) is 0 Å². The lowest BCUT2D eigenvalue weighted by atomic mass is 10.1. The number of hydrogen-bond acceptors (Lipinski definition) is 8. The summed E-state index contributed by atoms with van der Waals surface area (Å²) in [6.07, 6.45) is 4.48. The number of halogens is 2. The van der Waals surface area contributed by atoms with E-state index in [1.54, 1.807) is 59.6 Å². The van der Waals surface area contributed by atoms with Gasteiger partial charge in [-0.05, 0) is 55.8 Å². The molecule has 2 aromatic carbocycles. The van der Waals surface area contributed by atoms with E-state index >= 15 is 0 Å². The van der Waals surface area contributed by atoms with Gasteiger partial charge in [-0.2, -0.15) is 5.10 Å². The Bertz CT molecular complexity index is 1360. The largest absolute Gasteiger partial charge is 0.473 e. The lowest BCUT2D eigenvalue weighted by Crippen LogP contribution is -2.38. The van der Waals surface area contributed by atoms with E-state index in [4.69, 9.17) is 36.6 Å². The number of nitrogens with zero attached hydrogens (tertiary/aromatic N) is 3. The second-order valence-corrected chi connectivity index (χ2v) is 8.94. The first-order valence-electron chi connectivity index (χ1n) is 12.0. The van der Waals surface area contributed by atoms with Gasteiger partial charge in [-0.15, -0.1) is 0 Å². The van der Waals surface area contributed by atoms with Gasteiger partial charge in [-0.3, -0.25) is 5.01 Å². The zero-order valence-corrected chi connectivity index (χ0v) is 21.8. The molecule has 0 radical (unpaired) electrons. The number of hydrazone groups is 1. The Kier molecular flexibility index (Phi) is 8.93. The molecule has 1 aromatic heterocycles. The van der Waals surface area contributed by atoms with Crippen LogP contribution in [0.1, 0.15) is 35.0 Å². The van der Waals surface area contributed by atoms with Crippen LogP contribution in [0.4, 0.5) is 15.8 Å². The van der Waals surface area contributed by atoms with Crippen LogP contribution in [0.15, 0.2) is 71.9 Å². The highest BCUT2D eigenvalue weighted by Crippen LogP contribution is 2.28. The van der Waals surface area contributed by atoms with E-state index in [2.05, 4.69) is 4.98 Å². The van der Waals surface area contributed by atoms with Crippen LogP contribution >= 0.6 is 11.6 Å². The molecular weight excluding hydrogens is 511 g/mol. The molecule has 0 saturated carbocycles. The second kappa shape index (κ2) is 12.5. The summed E-state index contributed by atoms with van der Waals surface area (Å²) in [5.41, 5.74) is 9.04. The molecule has 38 heavy (non-hydrogen) atoms. The van der Waals surface area contributed by atoms with Gasteiger partial charge >= 0.3 is 5.97 Å². The van der Waals surface area contributed by atoms with Gasteiger partial charge in [0.1, 0.15) is 18.1 Å². The van der Waals surface area contributed by atoms with Crippen LogP contribution in [0.3, 0.4) is 0 Å². The molecule has 1 aliphatic rings. The van der Waals surface area contributed by atoms with Gasteiger partial charge in [-0.25, -0.2) is 14.2 Å². The number of pyridine rings is 1. The van der Waals surface area contributed by atoms with Crippen molar-refractivity contribution in [2.75, 3.05) is 31.0 Å². The normalized spacial score (nSPS) is 15.3. The number of ether oxygens (including phenoxy) is 3. The number of aromatic nitrogens is 1. The van der Waals surface area contributed by atoms with Crippen molar-refractivity contribution in [1.29, 1.82) is 0 Å². The third kappa shape index (κ3) is 6.67. The van der Waals surface area contributed by atoms with Gasteiger partial charge < -0.3 is 19.9 Å². The first-order chi connectivity index (χ1) is 18.4. The van der Waals surface area contributed by atoms with Crippen LogP contribution in [0.5, 0.6) is 5.88 Å². The molecule has 1 atom stereocenters. The predicted molar refractivity (Wildman–Crippen MR) is 145 cm³/mol. The van der Waals surface area contributed by atoms with Crippen LogP contribution in [-0.2, 0) is 16.1 Å². The molecule has 0 spiro atoms. The Morgan fingerprint density at radius 2 is 2.11 bits per heavy atom. The fraction of sp³-hybridized carbons (Fsp3) is 0.250. The fourth-order valence-corrected chi connectivity index (χ4v) is 3.87. The minimum atomic E-state index is -0.479. The maximum Gasteiger partial charge on any atom is 0.337 e. The van der Waals surface area contributed by atoms with E-state index in [1.165, 1.54) is 13.2 Å². The Labute approximate surface area is 225 Å². The molecule has 1 saturated heterocycles. The summed E-state index contributed by atoms with van der Waals surface area (Å²) in [5.74, 6) is -0.632.